The van der Waals surface area contributed by atoms with Crippen molar-refractivity contribution in [2.45, 2.75) is 18.2 Å². The number of hydrogen-bond donors (Lipinski definition) is 2. The number of carbonyl (C=O) groups is 1. The minimum Gasteiger partial charge on any atom is -0.478 e. The molecule has 0 amide bonds. The lowest BCUT2D eigenvalue weighted by Gasteiger charge is -2.08. The molecule has 0 saturated heterocycles. The van der Waals surface area contributed by atoms with Gasteiger partial charge in [-0.15, -0.1) is 0 Å². The van der Waals surface area contributed by atoms with Crippen LogP contribution in [-0.2, 0) is 16.4 Å². The van der Waals surface area contributed by atoms with Crippen LogP contribution in [0.15, 0.2) is 33.8 Å². The van der Waals surface area contributed by atoms with Gasteiger partial charge in [-0.25, -0.2) is 13.2 Å². The summed E-state index contributed by atoms with van der Waals surface area (Å²) in [6.07, 6.45) is 1.72. The second kappa shape index (κ2) is 5.74. The number of rotatable bonds is 5. The fourth-order valence-electron chi connectivity index (χ4n) is 1.64. The molecule has 21 heavy (non-hydrogen) atoms. The van der Waals surface area contributed by atoms with Gasteiger partial charge in [0.1, 0.15) is 5.69 Å². The lowest BCUT2D eigenvalue weighted by atomic mass is 10.2. The van der Waals surface area contributed by atoms with Gasteiger partial charge in [0.15, 0.2) is 5.76 Å². The van der Waals surface area contributed by atoms with Crippen molar-refractivity contribution >= 4 is 33.3 Å². The van der Waals surface area contributed by atoms with Crippen molar-refractivity contribution in [3.05, 3.63) is 40.7 Å². The van der Waals surface area contributed by atoms with E-state index in [-0.39, 0.29) is 21.2 Å². The molecule has 0 spiro atoms. The van der Waals surface area contributed by atoms with E-state index < -0.39 is 16.0 Å². The first-order valence-corrected chi connectivity index (χ1v) is 7.70. The molecule has 9 heteroatoms. The molecule has 0 fully saturated rings. The normalized spacial score (nSPS) is 11.3. The van der Waals surface area contributed by atoms with E-state index >= 15 is 0 Å². The van der Waals surface area contributed by atoms with Gasteiger partial charge in [-0.3, -0.25) is 4.72 Å². The van der Waals surface area contributed by atoms with Crippen molar-refractivity contribution in [3.8, 4) is 0 Å². The summed E-state index contributed by atoms with van der Waals surface area (Å²) in [5, 5.41) is 12.2. The average molecular weight is 331 g/mol. The lowest BCUT2D eigenvalue weighted by molar-refractivity contribution is 0.0697. The molecule has 1 aromatic carbocycles. The predicted octanol–water partition coefficient (Wildman–Crippen LogP) is 2.39. The van der Waals surface area contributed by atoms with Crippen molar-refractivity contribution in [1.29, 1.82) is 0 Å². The molecule has 0 bridgehead atoms. The van der Waals surface area contributed by atoms with Crippen LogP contribution < -0.4 is 4.72 Å². The molecule has 7 nitrogen and oxygen atoms in total. The number of benzene rings is 1. The van der Waals surface area contributed by atoms with Crippen LogP contribution in [0.4, 0.5) is 5.69 Å². The zero-order valence-electron chi connectivity index (χ0n) is 10.8. The molecule has 1 aromatic heterocycles. The fraction of sp³-hybridized carbons (Fsp3) is 0.167. The molecule has 0 aliphatic heterocycles. The number of sulfonamides is 1. The van der Waals surface area contributed by atoms with Crippen molar-refractivity contribution in [2.75, 3.05) is 4.72 Å². The van der Waals surface area contributed by atoms with E-state index in [1.54, 1.807) is 6.92 Å². The Morgan fingerprint density at radius 3 is 2.76 bits per heavy atom. The Kier molecular flexibility index (Phi) is 4.19. The maximum absolute atomic E-state index is 12.2. The van der Waals surface area contributed by atoms with E-state index in [1.807, 2.05) is 0 Å². The minimum absolute atomic E-state index is 0.152. The molecule has 0 radical (unpaired) electrons. The number of hydrogen-bond acceptors (Lipinski definition) is 5. The number of carboxylic acid groups (broad SMARTS) is 1. The monoisotopic (exact) mass is 330 g/mol. The Morgan fingerprint density at radius 1 is 1.48 bits per heavy atom. The van der Waals surface area contributed by atoms with Crippen molar-refractivity contribution < 1.29 is 22.8 Å². The standard InChI is InChI=1S/C12H11ClN2O5S/c1-2-11-10(6-14-20-11)15-21(18,19)7-3-4-8(12(16)17)9(13)5-7/h3-6,15H,2H2,1H3,(H,16,17). The SMILES string of the molecule is CCc1oncc1NS(=O)(=O)c1ccc(C(=O)O)c(Cl)c1. The second-order valence-electron chi connectivity index (χ2n) is 4.07. The number of aromatic carboxylic acids is 1. The first-order chi connectivity index (χ1) is 9.85. The fourth-order valence-corrected chi connectivity index (χ4v) is 3.06. The third-order valence-electron chi connectivity index (χ3n) is 2.69. The third kappa shape index (κ3) is 3.17. The Hall–Kier alpha value is -2.06. The first kappa shape index (κ1) is 15.3. The number of nitrogens with one attached hydrogen (secondary N) is 1. The molecular formula is C12H11ClN2O5S. The third-order valence-corrected chi connectivity index (χ3v) is 4.37. The quantitative estimate of drug-likeness (QED) is 0.871. The smallest absolute Gasteiger partial charge is 0.337 e. The van der Waals surface area contributed by atoms with Crippen LogP contribution in [0.2, 0.25) is 5.02 Å². The highest BCUT2D eigenvalue weighted by atomic mass is 35.5. The van der Waals surface area contributed by atoms with E-state index in [1.165, 1.54) is 6.20 Å². The van der Waals surface area contributed by atoms with Gasteiger partial charge in [-0.05, 0) is 18.2 Å². The summed E-state index contributed by atoms with van der Waals surface area (Å²) in [6, 6.07) is 3.37. The molecule has 0 aliphatic carbocycles. The molecule has 1 heterocycles. The molecular weight excluding hydrogens is 320 g/mol. The van der Waals surface area contributed by atoms with E-state index in [0.29, 0.717) is 12.2 Å². The number of aromatic nitrogens is 1. The van der Waals surface area contributed by atoms with Gasteiger partial charge in [0.25, 0.3) is 10.0 Å². The summed E-state index contributed by atoms with van der Waals surface area (Å²) in [5.74, 6) is -0.837. The number of nitrogens with zero attached hydrogens (tertiary/aromatic N) is 1. The van der Waals surface area contributed by atoms with Crippen molar-refractivity contribution in [3.63, 3.8) is 0 Å². The van der Waals surface area contributed by atoms with Crippen LogP contribution in [0.25, 0.3) is 0 Å². The van der Waals surface area contributed by atoms with Crippen LogP contribution >= 0.6 is 11.6 Å². The van der Waals surface area contributed by atoms with Crippen LogP contribution in [0.1, 0.15) is 23.0 Å². The van der Waals surface area contributed by atoms with E-state index in [0.717, 1.165) is 18.2 Å². The molecule has 0 saturated carbocycles. The van der Waals surface area contributed by atoms with Gasteiger partial charge in [0.2, 0.25) is 0 Å². The maximum Gasteiger partial charge on any atom is 0.337 e. The number of anilines is 1. The number of halogens is 1. The zero-order valence-corrected chi connectivity index (χ0v) is 12.4. The highest BCUT2D eigenvalue weighted by Crippen LogP contribution is 2.24. The number of carboxylic acids is 1. The highest BCUT2D eigenvalue weighted by molar-refractivity contribution is 7.92. The highest BCUT2D eigenvalue weighted by Gasteiger charge is 2.20. The first-order valence-electron chi connectivity index (χ1n) is 5.84. The van der Waals surface area contributed by atoms with Gasteiger partial charge in [-0.2, -0.15) is 0 Å². The van der Waals surface area contributed by atoms with Gasteiger partial charge < -0.3 is 9.63 Å². The Bertz CT molecular complexity index is 785. The zero-order chi connectivity index (χ0) is 15.6. The van der Waals surface area contributed by atoms with Crippen LogP contribution in [0.5, 0.6) is 0 Å². The van der Waals surface area contributed by atoms with Gasteiger partial charge >= 0.3 is 5.97 Å². The largest absolute Gasteiger partial charge is 0.478 e. The predicted molar refractivity (Wildman–Crippen MR) is 75.1 cm³/mol. The van der Waals surface area contributed by atoms with Crippen molar-refractivity contribution in [2.24, 2.45) is 0 Å². The summed E-state index contributed by atoms with van der Waals surface area (Å²) in [4.78, 5) is 10.7. The summed E-state index contributed by atoms with van der Waals surface area (Å²) in [5.41, 5.74) is 0.0609. The van der Waals surface area contributed by atoms with E-state index in [4.69, 9.17) is 21.2 Å². The summed E-state index contributed by atoms with van der Waals surface area (Å²) in [6.45, 7) is 1.79. The molecule has 112 valence electrons. The Morgan fingerprint density at radius 2 is 2.19 bits per heavy atom. The average Bonchev–Trinajstić information content (AvgIpc) is 2.84. The second-order valence-corrected chi connectivity index (χ2v) is 6.16. The molecule has 0 atom stereocenters. The maximum atomic E-state index is 12.2. The van der Waals surface area contributed by atoms with Crippen LogP contribution in [0.3, 0.4) is 0 Å². The lowest BCUT2D eigenvalue weighted by Crippen LogP contribution is -2.14. The molecule has 2 aromatic rings. The summed E-state index contributed by atoms with van der Waals surface area (Å²) < 4.78 is 31.6. The Labute approximate surface area is 125 Å². The number of aryl methyl sites for hydroxylation is 1. The topological polar surface area (TPSA) is 110 Å². The van der Waals surface area contributed by atoms with Crippen LogP contribution in [-0.4, -0.2) is 24.7 Å². The van der Waals surface area contributed by atoms with Gasteiger partial charge in [0.05, 0.1) is 21.7 Å². The van der Waals surface area contributed by atoms with Gasteiger partial charge in [-0.1, -0.05) is 23.7 Å². The van der Waals surface area contributed by atoms with Crippen molar-refractivity contribution in [1.82, 2.24) is 5.16 Å². The molecule has 0 unspecified atom stereocenters. The Balaban J connectivity index is 2.36. The summed E-state index contributed by atoms with van der Waals surface area (Å²) in [7, 11) is -3.91. The molecule has 2 N–H and O–H groups in total. The summed E-state index contributed by atoms with van der Waals surface area (Å²) >= 11 is 5.77. The molecule has 0 aliphatic rings. The van der Waals surface area contributed by atoms with E-state index in [2.05, 4.69) is 9.88 Å². The van der Waals surface area contributed by atoms with E-state index in [9.17, 15) is 13.2 Å². The van der Waals surface area contributed by atoms with Crippen LogP contribution in [0, 0.1) is 0 Å². The van der Waals surface area contributed by atoms with Gasteiger partial charge in [0, 0.05) is 6.42 Å². The minimum atomic E-state index is -3.91. The molecule has 2 rings (SSSR count).